The highest BCUT2D eigenvalue weighted by molar-refractivity contribution is 6.20. The van der Waals surface area contributed by atoms with Crippen LogP contribution < -0.4 is 0 Å². The number of halogens is 5. The zero-order chi connectivity index (χ0) is 18.6. The van der Waals surface area contributed by atoms with E-state index in [1.54, 1.807) is 0 Å². The Balaban J connectivity index is 2.11. The molecular formula is C16H7F5O4. The number of aromatic hydroxyl groups is 2. The van der Waals surface area contributed by atoms with Gasteiger partial charge in [0.1, 0.15) is 0 Å². The molecule has 2 aromatic carbocycles. The van der Waals surface area contributed by atoms with Crippen molar-refractivity contribution in [1.82, 2.24) is 0 Å². The van der Waals surface area contributed by atoms with Crippen molar-refractivity contribution in [2.24, 2.45) is 5.92 Å². The van der Waals surface area contributed by atoms with E-state index in [1.807, 2.05) is 0 Å². The van der Waals surface area contributed by atoms with Gasteiger partial charge < -0.3 is 10.2 Å². The van der Waals surface area contributed by atoms with Gasteiger partial charge in [-0.1, -0.05) is 6.07 Å². The Hall–Kier alpha value is -2.97. The second kappa shape index (κ2) is 5.54. The van der Waals surface area contributed by atoms with Crippen molar-refractivity contribution in [3.63, 3.8) is 0 Å². The predicted molar refractivity (Wildman–Crippen MR) is 71.9 cm³/mol. The Morgan fingerprint density at radius 2 is 1.44 bits per heavy atom. The maximum Gasteiger partial charge on any atom is 0.200 e. The first-order valence-electron chi connectivity index (χ1n) is 6.80. The van der Waals surface area contributed by atoms with Gasteiger partial charge in [-0.3, -0.25) is 9.59 Å². The fourth-order valence-corrected chi connectivity index (χ4v) is 2.76. The molecule has 2 aromatic rings. The number of fused-ring (bicyclic) bond motifs is 1. The quantitative estimate of drug-likeness (QED) is 0.216. The summed E-state index contributed by atoms with van der Waals surface area (Å²) in [5.74, 6) is -17.6. The summed E-state index contributed by atoms with van der Waals surface area (Å²) in [6.07, 6.45) is -0.416. The summed E-state index contributed by atoms with van der Waals surface area (Å²) in [4.78, 5) is 24.5. The molecule has 1 unspecified atom stereocenters. The minimum Gasteiger partial charge on any atom is -0.504 e. The lowest BCUT2D eigenvalue weighted by atomic mass is 9.93. The molecule has 3 rings (SSSR count). The molecule has 9 heteroatoms. The predicted octanol–water partition coefficient (Wildman–Crippen LogP) is 3.03. The minimum absolute atomic E-state index is 0.0996. The van der Waals surface area contributed by atoms with Gasteiger partial charge in [0, 0.05) is 0 Å². The molecule has 25 heavy (non-hydrogen) atoms. The molecule has 0 saturated heterocycles. The van der Waals surface area contributed by atoms with Crippen LogP contribution in [0.2, 0.25) is 0 Å². The standard InChI is InChI=1S/C16H7F5O4/c17-9-8(10(18)12(20)13(21)11(9)19)15(24)5-3-4-1-2-6(22)16(25)7(4)14(5)23/h1-2,5,22,25H,3H2. The highest BCUT2D eigenvalue weighted by Gasteiger charge is 2.42. The molecule has 0 bridgehead atoms. The van der Waals surface area contributed by atoms with Gasteiger partial charge in [-0.25, -0.2) is 22.0 Å². The fraction of sp³-hybridized carbons (Fsp3) is 0.125. The van der Waals surface area contributed by atoms with E-state index in [4.69, 9.17) is 0 Å². The smallest absolute Gasteiger partial charge is 0.200 e. The topological polar surface area (TPSA) is 74.6 Å². The summed E-state index contributed by atoms with van der Waals surface area (Å²) < 4.78 is 67.1. The molecular weight excluding hydrogens is 351 g/mol. The van der Waals surface area contributed by atoms with E-state index in [0.717, 1.165) is 6.07 Å². The van der Waals surface area contributed by atoms with Crippen LogP contribution in [0.4, 0.5) is 22.0 Å². The monoisotopic (exact) mass is 358 g/mol. The number of phenols is 2. The fourth-order valence-electron chi connectivity index (χ4n) is 2.76. The molecule has 0 fully saturated rings. The van der Waals surface area contributed by atoms with Crippen molar-refractivity contribution in [2.75, 3.05) is 0 Å². The van der Waals surface area contributed by atoms with Gasteiger partial charge in [0.25, 0.3) is 0 Å². The molecule has 1 aliphatic rings. The Kier molecular flexibility index (Phi) is 3.74. The second-order valence-electron chi connectivity index (χ2n) is 5.40. The molecule has 0 radical (unpaired) electrons. The molecule has 0 aromatic heterocycles. The van der Waals surface area contributed by atoms with Gasteiger partial charge in [-0.15, -0.1) is 0 Å². The molecule has 0 saturated carbocycles. The number of carbonyl (C=O) groups excluding carboxylic acids is 2. The van der Waals surface area contributed by atoms with E-state index in [-0.39, 0.29) is 5.56 Å². The van der Waals surface area contributed by atoms with Crippen LogP contribution in [0, 0.1) is 35.0 Å². The molecule has 130 valence electrons. The van der Waals surface area contributed by atoms with E-state index >= 15 is 0 Å². The van der Waals surface area contributed by atoms with Crippen LogP contribution in [0.1, 0.15) is 26.3 Å². The molecule has 0 amide bonds. The van der Waals surface area contributed by atoms with Crippen molar-refractivity contribution in [3.05, 3.63) is 57.9 Å². The van der Waals surface area contributed by atoms with Crippen LogP contribution in [-0.4, -0.2) is 21.8 Å². The lowest BCUT2D eigenvalue weighted by Gasteiger charge is -2.11. The zero-order valence-corrected chi connectivity index (χ0v) is 12.0. The van der Waals surface area contributed by atoms with E-state index in [9.17, 15) is 41.8 Å². The molecule has 1 atom stereocenters. The third-order valence-electron chi connectivity index (χ3n) is 4.00. The van der Waals surface area contributed by atoms with Gasteiger partial charge in [-0.05, 0) is 18.1 Å². The molecule has 0 spiro atoms. The lowest BCUT2D eigenvalue weighted by Crippen LogP contribution is -2.24. The van der Waals surface area contributed by atoms with Crippen molar-refractivity contribution < 1.29 is 41.8 Å². The largest absolute Gasteiger partial charge is 0.504 e. The van der Waals surface area contributed by atoms with E-state index in [2.05, 4.69) is 0 Å². The molecule has 0 heterocycles. The third kappa shape index (κ3) is 2.26. The van der Waals surface area contributed by atoms with Crippen LogP contribution >= 0.6 is 0 Å². The summed E-state index contributed by atoms with van der Waals surface area (Å²) in [6, 6.07) is 2.24. The Morgan fingerprint density at radius 3 is 2.00 bits per heavy atom. The van der Waals surface area contributed by atoms with E-state index in [0.29, 0.717) is 0 Å². The third-order valence-corrected chi connectivity index (χ3v) is 4.00. The van der Waals surface area contributed by atoms with Gasteiger partial charge in [-0.2, -0.15) is 0 Å². The van der Waals surface area contributed by atoms with Crippen LogP contribution in [0.15, 0.2) is 12.1 Å². The van der Waals surface area contributed by atoms with Crippen LogP contribution in [0.3, 0.4) is 0 Å². The van der Waals surface area contributed by atoms with Crippen molar-refractivity contribution >= 4 is 11.6 Å². The molecule has 0 aliphatic heterocycles. The maximum absolute atomic E-state index is 13.8. The van der Waals surface area contributed by atoms with Crippen molar-refractivity contribution in [3.8, 4) is 11.5 Å². The minimum atomic E-state index is -2.42. The zero-order valence-electron chi connectivity index (χ0n) is 12.0. The van der Waals surface area contributed by atoms with Gasteiger partial charge in [0.2, 0.25) is 5.82 Å². The molecule has 4 nitrogen and oxygen atoms in total. The van der Waals surface area contributed by atoms with E-state index < -0.39 is 75.6 Å². The number of hydrogen-bond acceptors (Lipinski definition) is 4. The Bertz CT molecular complexity index is 925. The number of phenolic OH excluding ortho intramolecular Hbond substituents is 2. The number of Topliss-reactive ketones (excluding diaryl/α,β-unsaturated/α-hetero) is 2. The SMILES string of the molecule is O=C1c2c(ccc(O)c2O)CC1C(=O)c1c(F)c(F)c(F)c(F)c1F. The highest BCUT2D eigenvalue weighted by Crippen LogP contribution is 2.40. The van der Waals surface area contributed by atoms with Crippen LogP contribution in [0.5, 0.6) is 11.5 Å². The summed E-state index contributed by atoms with van der Waals surface area (Å²) in [5.41, 5.74) is -2.05. The molecule has 1 aliphatic carbocycles. The number of rotatable bonds is 2. The van der Waals surface area contributed by atoms with Gasteiger partial charge >= 0.3 is 0 Å². The number of ketones is 2. The van der Waals surface area contributed by atoms with Gasteiger partial charge in [0.15, 0.2) is 46.3 Å². The first kappa shape index (κ1) is 16.9. The highest BCUT2D eigenvalue weighted by atomic mass is 19.2. The van der Waals surface area contributed by atoms with Crippen LogP contribution in [-0.2, 0) is 6.42 Å². The lowest BCUT2D eigenvalue weighted by molar-refractivity contribution is 0.0814. The normalized spacial score (nSPS) is 16.2. The summed E-state index contributed by atoms with van der Waals surface area (Å²) in [5, 5.41) is 19.1. The second-order valence-corrected chi connectivity index (χ2v) is 5.40. The summed E-state index contributed by atoms with van der Waals surface area (Å²) in [6.45, 7) is 0. The molecule has 2 N–H and O–H groups in total. The van der Waals surface area contributed by atoms with E-state index in [1.165, 1.54) is 6.07 Å². The van der Waals surface area contributed by atoms with Gasteiger partial charge in [0.05, 0.1) is 17.0 Å². The average molecular weight is 358 g/mol. The maximum atomic E-state index is 13.8. The first-order valence-corrected chi connectivity index (χ1v) is 6.80. The first-order chi connectivity index (χ1) is 11.7. The van der Waals surface area contributed by atoms with Crippen molar-refractivity contribution in [1.29, 1.82) is 0 Å². The number of carbonyl (C=O) groups is 2. The summed E-state index contributed by atoms with van der Waals surface area (Å²) >= 11 is 0. The number of hydrogen-bond donors (Lipinski definition) is 2. The van der Waals surface area contributed by atoms with Crippen LogP contribution in [0.25, 0.3) is 0 Å². The average Bonchev–Trinajstić information content (AvgIpc) is 2.92. The van der Waals surface area contributed by atoms with Crippen molar-refractivity contribution in [2.45, 2.75) is 6.42 Å². The summed E-state index contributed by atoms with van der Waals surface area (Å²) in [7, 11) is 0. The number of benzene rings is 2. The Labute approximate surface area is 136 Å². The Morgan fingerprint density at radius 1 is 0.920 bits per heavy atom.